The highest BCUT2D eigenvalue weighted by Crippen LogP contribution is 2.39. The number of oxazole rings is 2. The Morgan fingerprint density at radius 1 is 0.434 bits per heavy atom. The summed E-state index contributed by atoms with van der Waals surface area (Å²) in [5.41, 5.74) is 10.7. The van der Waals surface area contributed by atoms with Gasteiger partial charge >= 0.3 is 0 Å². The van der Waals surface area contributed by atoms with Crippen LogP contribution in [-0.2, 0) is 0 Å². The number of hydrogen-bond donors (Lipinski definition) is 0. The summed E-state index contributed by atoms with van der Waals surface area (Å²) in [4.78, 5) is 11.6. The number of rotatable bonds is 6. The van der Waals surface area contributed by atoms with E-state index >= 15 is 0 Å². The van der Waals surface area contributed by atoms with Crippen molar-refractivity contribution in [1.82, 2.24) is 9.97 Å². The molecule has 0 radical (unpaired) electrons. The first-order chi connectivity index (χ1) is 26.2. The van der Waals surface area contributed by atoms with E-state index in [2.05, 4.69) is 83.8 Å². The number of para-hydroxylation sites is 4. The molecule has 8 aromatic carbocycles. The fourth-order valence-electron chi connectivity index (χ4n) is 7.07. The molecular weight excluding hydrogens is 653 g/mol. The first-order valence-corrected chi connectivity index (χ1v) is 17.4. The highest BCUT2D eigenvalue weighted by molar-refractivity contribution is 5.96. The molecule has 0 unspecified atom stereocenters. The number of nitriles is 1. The van der Waals surface area contributed by atoms with Gasteiger partial charge in [0.15, 0.2) is 11.2 Å². The van der Waals surface area contributed by atoms with Crippen molar-refractivity contribution in [2.45, 2.75) is 0 Å². The maximum absolute atomic E-state index is 9.89. The number of nitrogens with zero attached hydrogens (tertiary/aromatic N) is 4. The first kappa shape index (κ1) is 30.3. The molecule has 0 amide bonds. The molecule has 53 heavy (non-hydrogen) atoms. The average molecular weight is 681 g/mol. The second-order valence-corrected chi connectivity index (χ2v) is 13.0. The molecule has 6 heteroatoms. The Balaban J connectivity index is 1.04. The zero-order valence-corrected chi connectivity index (χ0v) is 28.3. The highest BCUT2D eigenvalue weighted by atomic mass is 16.4. The van der Waals surface area contributed by atoms with Gasteiger partial charge in [-0.15, -0.1) is 0 Å². The SMILES string of the molecule is N#Cc1cc(-c2ccc3cc(N(c4ccc(-c5nc6ccccc6o5)cc4)c4ccc(-c5nc6ccccc6o5)cc4)ccc3c2)cc2ccccc12. The smallest absolute Gasteiger partial charge is 0.227 e. The van der Waals surface area contributed by atoms with Crippen LogP contribution in [0.3, 0.4) is 0 Å². The van der Waals surface area contributed by atoms with Crippen LogP contribution in [0, 0.1) is 11.3 Å². The Morgan fingerprint density at radius 2 is 0.943 bits per heavy atom. The number of hydrogen-bond acceptors (Lipinski definition) is 6. The average Bonchev–Trinajstić information content (AvgIpc) is 3.86. The zero-order valence-electron chi connectivity index (χ0n) is 28.3. The largest absolute Gasteiger partial charge is 0.436 e. The predicted octanol–water partition coefficient (Wildman–Crippen LogP) is 12.6. The van der Waals surface area contributed by atoms with E-state index in [0.717, 1.165) is 83.1 Å². The monoisotopic (exact) mass is 680 g/mol. The molecular formula is C47H28N4O2. The maximum Gasteiger partial charge on any atom is 0.227 e. The Labute approximate surface area is 304 Å². The molecule has 0 bridgehead atoms. The molecule has 0 fully saturated rings. The number of fused-ring (bicyclic) bond motifs is 4. The van der Waals surface area contributed by atoms with Crippen molar-refractivity contribution >= 4 is 60.8 Å². The van der Waals surface area contributed by atoms with Gasteiger partial charge in [-0.25, -0.2) is 9.97 Å². The Kier molecular flexibility index (Phi) is 7.09. The van der Waals surface area contributed by atoms with Crippen LogP contribution in [0.25, 0.3) is 77.8 Å². The molecule has 0 spiro atoms. The number of benzene rings is 8. The summed E-state index contributed by atoms with van der Waals surface area (Å²) in [5, 5.41) is 14.1. The number of anilines is 3. The molecule has 10 aromatic rings. The van der Waals surface area contributed by atoms with Crippen LogP contribution in [0.15, 0.2) is 179 Å². The number of aromatic nitrogens is 2. The lowest BCUT2D eigenvalue weighted by molar-refractivity contribution is 0.619. The van der Waals surface area contributed by atoms with Gasteiger partial charge in [0, 0.05) is 28.2 Å². The lowest BCUT2D eigenvalue weighted by Crippen LogP contribution is -2.09. The summed E-state index contributed by atoms with van der Waals surface area (Å²) in [5.74, 6) is 1.17. The van der Waals surface area contributed by atoms with Gasteiger partial charge in [0.1, 0.15) is 11.0 Å². The van der Waals surface area contributed by atoms with Crippen molar-refractivity contribution in [3.63, 3.8) is 0 Å². The molecule has 0 aliphatic heterocycles. The third-order valence-corrected chi connectivity index (χ3v) is 9.73. The first-order valence-electron chi connectivity index (χ1n) is 17.4. The van der Waals surface area contributed by atoms with Crippen LogP contribution in [0.4, 0.5) is 17.1 Å². The normalized spacial score (nSPS) is 11.4. The Hall–Kier alpha value is -7.49. The summed E-state index contributed by atoms with van der Waals surface area (Å²) in [6.45, 7) is 0. The third kappa shape index (κ3) is 5.45. The quantitative estimate of drug-likeness (QED) is 0.174. The van der Waals surface area contributed by atoms with Gasteiger partial charge in [-0.2, -0.15) is 5.26 Å². The van der Waals surface area contributed by atoms with E-state index in [4.69, 9.17) is 18.8 Å². The molecule has 6 nitrogen and oxygen atoms in total. The standard InChI is InChI=1S/C47H28N4O2/c48-29-37-27-36(26-35-7-1-2-8-41(35)37)33-13-14-34-28-40(24-19-32(34)25-33)51(38-20-15-30(16-21-38)46-49-42-9-3-5-11-44(42)52-46)39-22-17-31(18-23-39)47-50-43-10-4-6-12-45(43)53-47/h1-28H. The second-order valence-electron chi connectivity index (χ2n) is 13.0. The van der Waals surface area contributed by atoms with Crippen LogP contribution < -0.4 is 4.90 Å². The van der Waals surface area contributed by atoms with Crippen molar-refractivity contribution in [2.75, 3.05) is 4.90 Å². The molecule has 0 atom stereocenters. The summed E-state index contributed by atoms with van der Waals surface area (Å²) in [6, 6.07) is 59.7. The van der Waals surface area contributed by atoms with Gasteiger partial charge in [-0.05, 0) is 136 Å². The molecule has 0 aliphatic carbocycles. The summed E-state index contributed by atoms with van der Waals surface area (Å²) >= 11 is 0. The van der Waals surface area contributed by atoms with Crippen molar-refractivity contribution in [2.24, 2.45) is 0 Å². The van der Waals surface area contributed by atoms with Crippen molar-refractivity contribution in [3.05, 3.63) is 175 Å². The molecule has 2 aromatic heterocycles. The van der Waals surface area contributed by atoms with Crippen LogP contribution in [0.2, 0.25) is 0 Å². The van der Waals surface area contributed by atoms with Crippen molar-refractivity contribution in [3.8, 4) is 40.1 Å². The molecule has 0 saturated carbocycles. The molecule has 2 heterocycles. The van der Waals surface area contributed by atoms with Crippen LogP contribution in [-0.4, -0.2) is 9.97 Å². The van der Waals surface area contributed by atoms with Gasteiger partial charge in [0.2, 0.25) is 11.8 Å². The fourth-order valence-corrected chi connectivity index (χ4v) is 7.07. The fraction of sp³-hybridized carbons (Fsp3) is 0. The van der Waals surface area contributed by atoms with E-state index in [1.54, 1.807) is 0 Å². The lowest BCUT2D eigenvalue weighted by Gasteiger charge is -2.26. The van der Waals surface area contributed by atoms with Gasteiger partial charge < -0.3 is 13.7 Å². The molecule has 248 valence electrons. The molecule has 0 aliphatic rings. The summed E-state index contributed by atoms with van der Waals surface area (Å²) < 4.78 is 12.1. The minimum absolute atomic E-state index is 0.585. The van der Waals surface area contributed by atoms with E-state index in [1.165, 1.54) is 0 Å². The Morgan fingerprint density at radius 3 is 1.57 bits per heavy atom. The third-order valence-electron chi connectivity index (χ3n) is 9.73. The van der Waals surface area contributed by atoms with Gasteiger partial charge in [-0.3, -0.25) is 0 Å². The van der Waals surface area contributed by atoms with E-state index in [1.807, 2.05) is 97.1 Å². The molecule has 0 N–H and O–H groups in total. The van der Waals surface area contributed by atoms with Crippen molar-refractivity contribution in [1.29, 1.82) is 5.26 Å². The minimum atomic E-state index is 0.585. The molecule has 10 rings (SSSR count). The topological polar surface area (TPSA) is 79.1 Å². The van der Waals surface area contributed by atoms with Crippen LogP contribution >= 0.6 is 0 Å². The van der Waals surface area contributed by atoms with Gasteiger partial charge in [0.25, 0.3) is 0 Å². The zero-order chi connectivity index (χ0) is 35.3. The molecule has 0 saturated heterocycles. The van der Waals surface area contributed by atoms with Crippen LogP contribution in [0.1, 0.15) is 5.56 Å². The highest BCUT2D eigenvalue weighted by Gasteiger charge is 2.17. The lowest BCUT2D eigenvalue weighted by atomic mass is 9.95. The van der Waals surface area contributed by atoms with Crippen LogP contribution in [0.5, 0.6) is 0 Å². The minimum Gasteiger partial charge on any atom is -0.436 e. The van der Waals surface area contributed by atoms with Gasteiger partial charge in [0.05, 0.1) is 11.6 Å². The van der Waals surface area contributed by atoms with E-state index in [0.29, 0.717) is 17.3 Å². The van der Waals surface area contributed by atoms with E-state index in [-0.39, 0.29) is 0 Å². The second kappa shape index (κ2) is 12.4. The summed E-state index contributed by atoms with van der Waals surface area (Å²) in [7, 11) is 0. The van der Waals surface area contributed by atoms with E-state index < -0.39 is 0 Å². The van der Waals surface area contributed by atoms with E-state index in [9.17, 15) is 5.26 Å². The maximum atomic E-state index is 9.89. The summed E-state index contributed by atoms with van der Waals surface area (Å²) in [6.07, 6.45) is 0. The van der Waals surface area contributed by atoms with Gasteiger partial charge in [-0.1, -0.05) is 66.7 Å². The Bertz CT molecular complexity index is 2840. The van der Waals surface area contributed by atoms with Crippen molar-refractivity contribution < 1.29 is 8.83 Å². The predicted molar refractivity (Wildman–Crippen MR) is 212 cm³/mol.